The van der Waals surface area contributed by atoms with Crippen molar-refractivity contribution in [1.29, 1.82) is 0 Å². The van der Waals surface area contributed by atoms with E-state index in [1.807, 2.05) is 12.4 Å². The van der Waals surface area contributed by atoms with Gasteiger partial charge < -0.3 is 9.47 Å². The standard InChI is InChI=1S/C23H27N3/c1-16-4-5-21-19(12-16)20-15-25(3)14-17-13-23(2,8-11-26(21)22(17)20)18-6-9-24-10-7-18/h4-7,9-10,12,17H,8,11,13-15H2,1-3H3. The van der Waals surface area contributed by atoms with Crippen molar-refractivity contribution in [2.24, 2.45) is 0 Å². The molecule has 0 saturated heterocycles. The zero-order chi connectivity index (χ0) is 17.9. The van der Waals surface area contributed by atoms with E-state index in [1.54, 1.807) is 11.3 Å². The molecule has 26 heavy (non-hydrogen) atoms. The summed E-state index contributed by atoms with van der Waals surface area (Å²) in [5.41, 5.74) is 7.62. The van der Waals surface area contributed by atoms with Crippen LogP contribution in [0.1, 0.15) is 48.1 Å². The van der Waals surface area contributed by atoms with Gasteiger partial charge in [0, 0.05) is 54.5 Å². The Hall–Kier alpha value is -2.13. The second-order valence-corrected chi connectivity index (χ2v) is 8.68. The zero-order valence-electron chi connectivity index (χ0n) is 16.0. The van der Waals surface area contributed by atoms with Crippen molar-refractivity contribution in [2.45, 2.75) is 51.1 Å². The second kappa shape index (κ2) is 5.68. The van der Waals surface area contributed by atoms with E-state index in [1.165, 1.54) is 34.9 Å². The normalized spacial score (nSPS) is 25.9. The molecule has 0 spiro atoms. The molecule has 0 aliphatic carbocycles. The van der Waals surface area contributed by atoms with Crippen LogP contribution in [0.4, 0.5) is 0 Å². The van der Waals surface area contributed by atoms with E-state index in [2.05, 4.69) is 65.7 Å². The lowest BCUT2D eigenvalue weighted by Crippen LogP contribution is -2.33. The van der Waals surface area contributed by atoms with Crippen molar-refractivity contribution < 1.29 is 0 Å². The third kappa shape index (κ3) is 2.34. The Kier molecular flexibility index (Phi) is 3.51. The van der Waals surface area contributed by atoms with Gasteiger partial charge in [0.15, 0.2) is 0 Å². The molecule has 2 aliphatic rings. The summed E-state index contributed by atoms with van der Waals surface area (Å²) in [7, 11) is 2.27. The first-order valence-electron chi connectivity index (χ1n) is 9.76. The lowest BCUT2D eigenvalue weighted by molar-refractivity contribution is 0.252. The van der Waals surface area contributed by atoms with Crippen molar-refractivity contribution in [3.8, 4) is 0 Å². The van der Waals surface area contributed by atoms with E-state index in [0.717, 1.165) is 19.6 Å². The monoisotopic (exact) mass is 345 g/mol. The molecule has 1 aromatic carbocycles. The highest BCUT2D eigenvalue weighted by Gasteiger charge is 2.39. The first kappa shape index (κ1) is 16.1. The van der Waals surface area contributed by atoms with Crippen LogP contribution < -0.4 is 0 Å². The quantitative estimate of drug-likeness (QED) is 0.641. The number of nitrogens with zero attached hydrogens (tertiary/aromatic N) is 3. The summed E-state index contributed by atoms with van der Waals surface area (Å²) < 4.78 is 2.65. The first-order chi connectivity index (χ1) is 12.5. The summed E-state index contributed by atoms with van der Waals surface area (Å²) in [5, 5.41) is 1.48. The maximum absolute atomic E-state index is 4.24. The topological polar surface area (TPSA) is 21.1 Å². The summed E-state index contributed by atoms with van der Waals surface area (Å²) in [6.07, 6.45) is 6.29. The molecule has 0 amide bonds. The van der Waals surface area contributed by atoms with Crippen LogP contribution >= 0.6 is 0 Å². The SMILES string of the molecule is Cc1ccc2c(c1)c1c3n2CCC(C)(c2ccncc2)CC3CN(C)C1. The minimum absolute atomic E-state index is 0.207. The van der Waals surface area contributed by atoms with Crippen LogP contribution in [0, 0.1) is 6.92 Å². The molecule has 5 rings (SSSR count). The van der Waals surface area contributed by atoms with Crippen LogP contribution in [0.3, 0.4) is 0 Å². The highest BCUT2D eigenvalue weighted by molar-refractivity contribution is 5.87. The number of hydrogen-bond donors (Lipinski definition) is 0. The molecule has 4 heterocycles. The van der Waals surface area contributed by atoms with Crippen molar-refractivity contribution in [2.75, 3.05) is 13.6 Å². The number of aromatic nitrogens is 2. The van der Waals surface area contributed by atoms with E-state index in [-0.39, 0.29) is 5.41 Å². The molecule has 0 saturated carbocycles. The van der Waals surface area contributed by atoms with Crippen molar-refractivity contribution in [1.82, 2.24) is 14.5 Å². The molecule has 0 bridgehead atoms. The van der Waals surface area contributed by atoms with Crippen LogP contribution in [0.5, 0.6) is 0 Å². The molecule has 0 N–H and O–H groups in total. The Morgan fingerprint density at radius 1 is 1.15 bits per heavy atom. The van der Waals surface area contributed by atoms with E-state index >= 15 is 0 Å². The summed E-state index contributed by atoms with van der Waals surface area (Å²) in [4.78, 5) is 6.75. The second-order valence-electron chi connectivity index (χ2n) is 8.68. The Bertz CT molecular complexity index is 972. The molecule has 2 atom stereocenters. The van der Waals surface area contributed by atoms with Gasteiger partial charge in [0.25, 0.3) is 0 Å². The third-order valence-corrected chi connectivity index (χ3v) is 6.68. The highest BCUT2D eigenvalue weighted by Crippen LogP contribution is 2.46. The van der Waals surface area contributed by atoms with Crippen molar-refractivity contribution in [3.63, 3.8) is 0 Å². The fraction of sp³-hybridized carbons (Fsp3) is 0.435. The van der Waals surface area contributed by atoms with E-state index in [0.29, 0.717) is 5.92 Å². The Morgan fingerprint density at radius 2 is 1.96 bits per heavy atom. The molecule has 3 nitrogen and oxygen atoms in total. The molecule has 2 aromatic heterocycles. The molecule has 3 aromatic rings. The molecule has 0 radical (unpaired) electrons. The fourth-order valence-electron chi connectivity index (χ4n) is 5.41. The van der Waals surface area contributed by atoms with Gasteiger partial charge in [0.1, 0.15) is 0 Å². The largest absolute Gasteiger partial charge is 0.344 e. The average Bonchev–Trinajstić information content (AvgIpc) is 2.84. The molecule has 2 unspecified atom stereocenters. The van der Waals surface area contributed by atoms with Gasteiger partial charge in [-0.05, 0) is 67.6 Å². The lowest BCUT2D eigenvalue weighted by atomic mass is 9.72. The Morgan fingerprint density at radius 3 is 2.77 bits per heavy atom. The predicted molar refractivity (Wildman–Crippen MR) is 107 cm³/mol. The number of fused-ring (bicyclic) bond motifs is 3. The predicted octanol–water partition coefficient (Wildman–Crippen LogP) is 4.63. The van der Waals surface area contributed by atoms with Gasteiger partial charge in [-0.25, -0.2) is 0 Å². The number of aryl methyl sites for hydroxylation is 2. The molecular formula is C23H27N3. The molecule has 0 fully saturated rings. The molecular weight excluding hydrogens is 318 g/mol. The van der Waals surface area contributed by atoms with Crippen LogP contribution in [-0.4, -0.2) is 28.0 Å². The fourth-order valence-corrected chi connectivity index (χ4v) is 5.41. The molecule has 3 heteroatoms. The summed E-state index contributed by atoms with van der Waals surface area (Å²) in [6.45, 7) is 8.00. The van der Waals surface area contributed by atoms with E-state index in [4.69, 9.17) is 0 Å². The number of likely N-dealkylation sites (N-methyl/N-ethyl adjacent to an activating group) is 1. The van der Waals surface area contributed by atoms with Crippen LogP contribution in [0.25, 0.3) is 10.9 Å². The van der Waals surface area contributed by atoms with Gasteiger partial charge >= 0.3 is 0 Å². The van der Waals surface area contributed by atoms with Gasteiger partial charge in [0.2, 0.25) is 0 Å². The number of rotatable bonds is 1. The van der Waals surface area contributed by atoms with Gasteiger partial charge in [-0.2, -0.15) is 0 Å². The number of hydrogen-bond acceptors (Lipinski definition) is 2. The van der Waals surface area contributed by atoms with Gasteiger partial charge in [-0.3, -0.25) is 4.98 Å². The zero-order valence-corrected chi connectivity index (χ0v) is 16.0. The lowest BCUT2D eigenvalue weighted by Gasteiger charge is -2.36. The maximum Gasteiger partial charge on any atom is 0.0486 e. The Labute approximate surface area is 155 Å². The summed E-state index contributed by atoms with van der Waals surface area (Å²) in [5.74, 6) is 0.595. The average molecular weight is 345 g/mol. The summed E-state index contributed by atoms with van der Waals surface area (Å²) >= 11 is 0. The van der Waals surface area contributed by atoms with Crippen LogP contribution in [0.15, 0.2) is 42.7 Å². The first-order valence-corrected chi connectivity index (χ1v) is 9.76. The van der Waals surface area contributed by atoms with Crippen LogP contribution in [-0.2, 0) is 18.5 Å². The maximum atomic E-state index is 4.24. The number of pyridine rings is 1. The third-order valence-electron chi connectivity index (χ3n) is 6.68. The highest BCUT2D eigenvalue weighted by atomic mass is 15.1. The van der Waals surface area contributed by atoms with E-state index < -0.39 is 0 Å². The molecule has 2 aliphatic heterocycles. The van der Waals surface area contributed by atoms with Crippen LogP contribution in [0.2, 0.25) is 0 Å². The van der Waals surface area contributed by atoms with Gasteiger partial charge in [-0.15, -0.1) is 0 Å². The molecule has 134 valence electrons. The van der Waals surface area contributed by atoms with E-state index in [9.17, 15) is 0 Å². The smallest absolute Gasteiger partial charge is 0.0486 e. The number of benzene rings is 1. The minimum atomic E-state index is 0.207. The summed E-state index contributed by atoms with van der Waals surface area (Å²) in [6, 6.07) is 11.4. The Balaban J connectivity index is 1.68. The minimum Gasteiger partial charge on any atom is -0.344 e. The van der Waals surface area contributed by atoms with Crippen molar-refractivity contribution >= 4 is 10.9 Å². The van der Waals surface area contributed by atoms with Crippen molar-refractivity contribution in [3.05, 3.63) is 65.1 Å². The van der Waals surface area contributed by atoms with Gasteiger partial charge in [-0.1, -0.05) is 18.6 Å². The van der Waals surface area contributed by atoms with Gasteiger partial charge in [0.05, 0.1) is 0 Å².